The molecule has 0 bridgehead atoms. The molecule has 0 saturated carbocycles. The Balaban J connectivity index is 1.49. The highest BCUT2D eigenvalue weighted by molar-refractivity contribution is 8.00. The Hall–Kier alpha value is -2.69. The van der Waals surface area contributed by atoms with E-state index >= 15 is 0 Å². The topological polar surface area (TPSA) is 83.4 Å². The second-order valence-corrected chi connectivity index (χ2v) is 11.4. The molecule has 4 aromatic rings. The number of hydrogen-bond donors (Lipinski definition) is 1. The minimum Gasteiger partial charge on any atom is -0.507 e. The fourth-order valence-electron chi connectivity index (χ4n) is 3.63. The summed E-state index contributed by atoms with van der Waals surface area (Å²) in [7, 11) is 0. The van der Waals surface area contributed by atoms with Crippen LogP contribution in [0.2, 0.25) is 10.0 Å². The third-order valence-electron chi connectivity index (χ3n) is 5.27. The summed E-state index contributed by atoms with van der Waals surface area (Å²) in [6.07, 6.45) is 0. The number of ketones is 1. The number of thiophene rings is 1. The normalized spacial score (nSPS) is 17.3. The number of nitrogens with zero attached hydrogens (tertiary/aromatic N) is 3. The molecule has 11 heteroatoms. The second-order valence-electron chi connectivity index (χ2n) is 7.43. The van der Waals surface area contributed by atoms with Gasteiger partial charge in [-0.15, -0.1) is 21.5 Å². The number of anilines is 1. The minimum atomic E-state index is -0.799. The molecule has 1 atom stereocenters. The Morgan fingerprint density at radius 2 is 1.86 bits per heavy atom. The summed E-state index contributed by atoms with van der Waals surface area (Å²) in [5.74, 6) is -1.20. The van der Waals surface area contributed by atoms with Crippen LogP contribution in [0.1, 0.15) is 22.0 Å². The first-order valence-corrected chi connectivity index (χ1v) is 13.7. The number of hydrogen-bond acceptors (Lipinski definition) is 8. The quantitative estimate of drug-likeness (QED) is 0.0916. The highest BCUT2D eigenvalue weighted by Crippen LogP contribution is 2.45. The lowest BCUT2D eigenvalue weighted by Crippen LogP contribution is -2.29. The summed E-state index contributed by atoms with van der Waals surface area (Å²) >= 11 is 16.2. The molecule has 5 rings (SSSR count). The Morgan fingerprint density at radius 1 is 1.06 bits per heavy atom. The van der Waals surface area contributed by atoms with Crippen molar-refractivity contribution in [2.24, 2.45) is 0 Å². The fourth-order valence-corrected chi connectivity index (χ4v) is 6.88. The number of thioether (sulfide) groups is 1. The maximum atomic E-state index is 13.2. The minimum absolute atomic E-state index is 0.0287. The monoisotopic (exact) mass is 559 g/mol. The van der Waals surface area contributed by atoms with E-state index in [1.54, 1.807) is 36.4 Å². The van der Waals surface area contributed by atoms with Gasteiger partial charge in [0.15, 0.2) is 4.34 Å². The van der Waals surface area contributed by atoms with Crippen LogP contribution in [0.25, 0.3) is 5.76 Å². The first-order chi connectivity index (χ1) is 16.9. The number of halogens is 2. The van der Waals surface area contributed by atoms with Crippen LogP contribution in [0, 0.1) is 0 Å². The predicted octanol–water partition coefficient (Wildman–Crippen LogP) is 6.83. The van der Waals surface area contributed by atoms with E-state index in [0.717, 1.165) is 10.4 Å². The molecule has 1 saturated heterocycles. The summed E-state index contributed by atoms with van der Waals surface area (Å²) in [5, 5.41) is 22.7. The van der Waals surface area contributed by atoms with E-state index in [1.165, 1.54) is 39.3 Å². The Bertz CT molecular complexity index is 1440. The van der Waals surface area contributed by atoms with Crippen molar-refractivity contribution in [1.82, 2.24) is 10.2 Å². The van der Waals surface area contributed by atoms with Gasteiger partial charge in [0, 0.05) is 26.2 Å². The molecule has 1 N–H and O–H groups in total. The van der Waals surface area contributed by atoms with Gasteiger partial charge in [0.1, 0.15) is 11.8 Å². The van der Waals surface area contributed by atoms with Gasteiger partial charge in [0.25, 0.3) is 5.78 Å². The molecule has 1 aliphatic heterocycles. The van der Waals surface area contributed by atoms with E-state index in [4.69, 9.17) is 23.2 Å². The van der Waals surface area contributed by atoms with Gasteiger partial charge >= 0.3 is 5.91 Å². The number of amides is 1. The smallest absolute Gasteiger partial charge is 0.301 e. The SMILES string of the molecule is O=C1C(=O)N(c2nnc(SCc3ccc(Cl)cc3Cl)s2)C(c2cccs2)/C1=C(/O)c1ccccc1. The van der Waals surface area contributed by atoms with Crippen molar-refractivity contribution >= 4 is 80.2 Å². The molecule has 1 unspecified atom stereocenters. The number of Topliss-reactive ketones (excluding diaryl/α,β-unsaturated/α-hetero) is 1. The Labute approximate surface area is 222 Å². The molecular formula is C24H15Cl2N3O3S3. The van der Waals surface area contributed by atoms with Crippen LogP contribution < -0.4 is 4.90 Å². The van der Waals surface area contributed by atoms with Crippen molar-refractivity contribution in [2.75, 3.05) is 4.90 Å². The van der Waals surface area contributed by atoms with Gasteiger partial charge in [-0.25, -0.2) is 0 Å². The molecule has 3 heterocycles. The van der Waals surface area contributed by atoms with Crippen LogP contribution in [0.4, 0.5) is 5.13 Å². The van der Waals surface area contributed by atoms with Gasteiger partial charge in [-0.2, -0.15) is 0 Å². The third-order valence-corrected chi connectivity index (χ3v) is 8.89. The van der Waals surface area contributed by atoms with E-state index in [9.17, 15) is 14.7 Å². The molecule has 2 aromatic heterocycles. The Morgan fingerprint density at radius 3 is 2.57 bits per heavy atom. The molecule has 176 valence electrons. The van der Waals surface area contributed by atoms with Crippen LogP contribution >= 0.6 is 57.6 Å². The van der Waals surface area contributed by atoms with E-state index in [2.05, 4.69) is 10.2 Å². The van der Waals surface area contributed by atoms with Crippen molar-refractivity contribution in [3.05, 3.63) is 97.7 Å². The Kier molecular flexibility index (Phi) is 6.95. The van der Waals surface area contributed by atoms with Crippen LogP contribution in [0.15, 0.2) is 76.0 Å². The molecule has 1 aliphatic rings. The van der Waals surface area contributed by atoms with E-state index in [-0.39, 0.29) is 16.5 Å². The number of aliphatic hydroxyl groups excluding tert-OH is 1. The van der Waals surface area contributed by atoms with Gasteiger partial charge in [-0.1, -0.05) is 88.8 Å². The van der Waals surface area contributed by atoms with Crippen LogP contribution in [-0.4, -0.2) is 27.0 Å². The zero-order valence-corrected chi connectivity index (χ0v) is 21.7. The third kappa shape index (κ3) is 4.74. The molecule has 0 spiro atoms. The molecule has 0 radical (unpaired) electrons. The second kappa shape index (κ2) is 10.1. The largest absolute Gasteiger partial charge is 0.507 e. The molecule has 6 nitrogen and oxygen atoms in total. The predicted molar refractivity (Wildman–Crippen MR) is 141 cm³/mol. The van der Waals surface area contributed by atoms with Crippen molar-refractivity contribution in [3.8, 4) is 0 Å². The van der Waals surface area contributed by atoms with Crippen molar-refractivity contribution < 1.29 is 14.7 Å². The first kappa shape index (κ1) is 24.0. The number of aromatic nitrogens is 2. The van der Waals surface area contributed by atoms with E-state index < -0.39 is 17.7 Å². The molecule has 2 aromatic carbocycles. The van der Waals surface area contributed by atoms with E-state index in [1.807, 2.05) is 29.6 Å². The van der Waals surface area contributed by atoms with Gasteiger partial charge in [0.2, 0.25) is 5.13 Å². The number of rotatable bonds is 6. The molecule has 1 amide bonds. The molecule has 1 fully saturated rings. The lowest BCUT2D eigenvalue weighted by atomic mass is 10.00. The average molecular weight is 561 g/mol. The lowest BCUT2D eigenvalue weighted by molar-refractivity contribution is -0.132. The highest BCUT2D eigenvalue weighted by Gasteiger charge is 2.48. The summed E-state index contributed by atoms with van der Waals surface area (Å²) in [6.45, 7) is 0. The average Bonchev–Trinajstić information content (AvgIpc) is 3.60. The summed E-state index contributed by atoms with van der Waals surface area (Å²) < 4.78 is 0.612. The highest BCUT2D eigenvalue weighted by atomic mass is 35.5. The summed E-state index contributed by atoms with van der Waals surface area (Å²) in [5.41, 5.74) is 1.38. The van der Waals surface area contributed by atoms with E-state index in [0.29, 0.717) is 25.7 Å². The maximum Gasteiger partial charge on any atom is 0.301 e. The summed E-state index contributed by atoms with van der Waals surface area (Å²) in [4.78, 5) is 28.3. The van der Waals surface area contributed by atoms with Crippen molar-refractivity contribution in [3.63, 3.8) is 0 Å². The first-order valence-electron chi connectivity index (χ1n) is 10.2. The fraction of sp³-hybridized carbons (Fsp3) is 0.0833. The van der Waals surface area contributed by atoms with Gasteiger partial charge in [-0.3, -0.25) is 14.5 Å². The number of carbonyl (C=O) groups is 2. The van der Waals surface area contributed by atoms with Gasteiger partial charge < -0.3 is 5.11 Å². The van der Waals surface area contributed by atoms with Crippen LogP contribution in [0.3, 0.4) is 0 Å². The zero-order valence-electron chi connectivity index (χ0n) is 17.7. The molecule has 0 aliphatic carbocycles. The van der Waals surface area contributed by atoms with Gasteiger partial charge in [-0.05, 0) is 29.1 Å². The van der Waals surface area contributed by atoms with Crippen molar-refractivity contribution in [2.45, 2.75) is 16.1 Å². The van der Waals surface area contributed by atoms with Gasteiger partial charge in [0.05, 0.1) is 5.57 Å². The van der Waals surface area contributed by atoms with Crippen molar-refractivity contribution in [1.29, 1.82) is 0 Å². The molecular weight excluding hydrogens is 545 g/mol. The van der Waals surface area contributed by atoms with Crippen LogP contribution in [-0.2, 0) is 15.3 Å². The standard InChI is InChI=1S/C24H15Cl2N3O3S3/c25-15-9-8-14(16(26)11-15)12-34-24-28-27-23(35-24)29-19(17-7-4-10-33-17)18(21(31)22(29)32)20(30)13-5-2-1-3-6-13/h1-11,19,30H,12H2/b20-18-. The zero-order chi connectivity index (χ0) is 24.5. The lowest BCUT2D eigenvalue weighted by Gasteiger charge is -2.20. The maximum absolute atomic E-state index is 13.2. The van der Waals surface area contributed by atoms with Crippen LogP contribution in [0.5, 0.6) is 0 Å². The number of benzene rings is 2. The number of aliphatic hydroxyl groups is 1. The molecule has 35 heavy (non-hydrogen) atoms. The number of carbonyl (C=O) groups excluding carboxylic acids is 2. The summed E-state index contributed by atoms with van der Waals surface area (Å²) in [6, 6.07) is 16.9.